The van der Waals surface area contributed by atoms with Gasteiger partial charge >= 0.3 is 5.97 Å². The molecule has 0 saturated heterocycles. The van der Waals surface area contributed by atoms with Crippen LogP contribution in [0.2, 0.25) is 0 Å². The molecule has 0 radical (unpaired) electrons. The molecule has 0 bridgehead atoms. The average molecular weight is 273 g/mol. The van der Waals surface area contributed by atoms with Crippen LogP contribution in [0.5, 0.6) is 0 Å². The third-order valence-corrected chi connectivity index (χ3v) is 3.84. The second kappa shape index (κ2) is 4.89. The van der Waals surface area contributed by atoms with Gasteiger partial charge in [-0.2, -0.15) is 0 Å². The van der Waals surface area contributed by atoms with Gasteiger partial charge in [0, 0.05) is 12.7 Å². The molecule has 1 aliphatic carbocycles. The maximum atomic E-state index is 12.3. The van der Waals surface area contributed by atoms with Gasteiger partial charge in [0.15, 0.2) is 0 Å². The highest BCUT2D eigenvalue weighted by molar-refractivity contribution is 5.87. The van der Waals surface area contributed by atoms with E-state index in [-0.39, 0.29) is 5.97 Å². The van der Waals surface area contributed by atoms with Crippen LogP contribution >= 0.6 is 0 Å². The van der Waals surface area contributed by atoms with Gasteiger partial charge < -0.3 is 9.30 Å². The molecule has 0 spiro atoms. The van der Waals surface area contributed by atoms with Gasteiger partial charge in [0.05, 0.1) is 18.3 Å². The summed E-state index contributed by atoms with van der Waals surface area (Å²) < 4.78 is 7.40. The Labute approximate surface area is 118 Å². The van der Waals surface area contributed by atoms with E-state index >= 15 is 0 Å². The van der Waals surface area contributed by atoms with E-state index in [1.807, 2.05) is 13.0 Å². The minimum atomic E-state index is -0.524. The van der Waals surface area contributed by atoms with Gasteiger partial charge in [-0.1, -0.05) is 6.92 Å². The predicted octanol–water partition coefficient (Wildman–Crippen LogP) is 2.44. The first-order chi connectivity index (χ1) is 9.73. The summed E-state index contributed by atoms with van der Waals surface area (Å²) in [6.07, 6.45) is 6.18. The van der Waals surface area contributed by atoms with E-state index in [4.69, 9.17) is 4.74 Å². The van der Waals surface area contributed by atoms with Crippen molar-refractivity contribution in [1.82, 2.24) is 14.5 Å². The van der Waals surface area contributed by atoms with Crippen LogP contribution in [0.4, 0.5) is 0 Å². The number of hydrogen-bond donors (Lipinski definition) is 0. The van der Waals surface area contributed by atoms with E-state index in [0.29, 0.717) is 6.61 Å². The zero-order valence-electron chi connectivity index (χ0n) is 11.9. The summed E-state index contributed by atoms with van der Waals surface area (Å²) >= 11 is 0. The summed E-state index contributed by atoms with van der Waals surface area (Å²) in [4.78, 5) is 21.1. The summed E-state index contributed by atoms with van der Waals surface area (Å²) in [5.41, 5.74) is 1.38. The lowest BCUT2D eigenvalue weighted by Gasteiger charge is -2.15. The molecule has 2 heterocycles. The van der Waals surface area contributed by atoms with Crippen molar-refractivity contribution in [3.05, 3.63) is 24.3 Å². The lowest BCUT2D eigenvalue weighted by atomic mass is 10.1. The standard InChI is InChI=1S/C15H19N3O2/c1-3-9-18-12-5-8-16-10-11(12)17-13(18)15(6-7-15)14(19)20-4-2/h5,8,10H,3-4,6-7,9H2,1-2H3. The van der Waals surface area contributed by atoms with Crippen molar-refractivity contribution in [3.63, 3.8) is 0 Å². The van der Waals surface area contributed by atoms with Crippen molar-refractivity contribution < 1.29 is 9.53 Å². The molecule has 1 saturated carbocycles. The smallest absolute Gasteiger partial charge is 0.319 e. The van der Waals surface area contributed by atoms with Gasteiger partial charge in [0.2, 0.25) is 0 Å². The van der Waals surface area contributed by atoms with Crippen molar-refractivity contribution in [1.29, 1.82) is 0 Å². The Morgan fingerprint density at radius 2 is 2.25 bits per heavy atom. The minimum Gasteiger partial charge on any atom is -0.465 e. The van der Waals surface area contributed by atoms with Crippen molar-refractivity contribution in [2.24, 2.45) is 0 Å². The molecule has 0 aromatic carbocycles. The average Bonchev–Trinajstić information content (AvgIpc) is 3.18. The molecule has 0 aliphatic heterocycles. The first-order valence-corrected chi connectivity index (χ1v) is 7.21. The first-order valence-electron chi connectivity index (χ1n) is 7.21. The highest BCUT2D eigenvalue weighted by Crippen LogP contribution is 2.49. The molecule has 0 N–H and O–H groups in total. The molecule has 2 aromatic rings. The van der Waals surface area contributed by atoms with Crippen LogP contribution in [0, 0.1) is 0 Å². The van der Waals surface area contributed by atoms with E-state index in [9.17, 15) is 4.79 Å². The molecular formula is C15H19N3O2. The Morgan fingerprint density at radius 3 is 2.90 bits per heavy atom. The van der Waals surface area contributed by atoms with Crippen LogP contribution in [0.25, 0.3) is 11.0 Å². The van der Waals surface area contributed by atoms with Gasteiger partial charge in [-0.25, -0.2) is 4.98 Å². The Hall–Kier alpha value is -1.91. The lowest BCUT2D eigenvalue weighted by molar-refractivity contribution is -0.146. The van der Waals surface area contributed by atoms with Crippen LogP contribution in [0.3, 0.4) is 0 Å². The fourth-order valence-electron chi connectivity index (χ4n) is 2.71. The maximum Gasteiger partial charge on any atom is 0.319 e. The zero-order chi connectivity index (χ0) is 14.2. The van der Waals surface area contributed by atoms with Crippen LogP contribution < -0.4 is 0 Å². The van der Waals surface area contributed by atoms with E-state index in [1.54, 1.807) is 12.4 Å². The van der Waals surface area contributed by atoms with E-state index in [0.717, 1.165) is 42.7 Å². The first kappa shape index (κ1) is 13.1. The molecule has 3 rings (SSSR count). The number of fused-ring (bicyclic) bond motifs is 1. The van der Waals surface area contributed by atoms with Gasteiger partial charge in [0.25, 0.3) is 0 Å². The fraction of sp³-hybridized carbons (Fsp3) is 0.533. The van der Waals surface area contributed by atoms with Crippen LogP contribution in [0.1, 0.15) is 38.9 Å². The number of aromatic nitrogens is 3. The number of rotatable bonds is 5. The van der Waals surface area contributed by atoms with Crippen molar-refractivity contribution in [2.75, 3.05) is 6.61 Å². The lowest BCUT2D eigenvalue weighted by Crippen LogP contribution is -2.27. The van der Waals surface area contributed by atoms with Gasteiger partial charge in [-0.15, -0.1) is 0 Å². The summed E-state index contributed by atoms with van der Waals surface area (Å²) in [6, 6.07) is 1.96. The maximum absolute atomic E-state index is 12.3. The topological polar surface area (TPSA) is 57.0 Å². The third kappa shape index (κ3) is 1.88. The molecule has 5 nitrogen and oxygen atoms in total. The Balaban J connectivity index is 2.11. The zero-order valence-corrected chi connectivity index (χ0v) is 11.9. The quantitative estimate of drug-likeness (QED) is 0.785. The van der Waals surface area contributed by atoms with Gasteiger partial charge in [-0.3, -0.25) is 9.78 Å². The van der Waals surface area contributed by atoms with Gasteiger partial charge in [0.1, 0.15) is 16.8 Å². The monoisotopic (exact) mass is 273 g/mol. The number of carbonyl (C=O) groups is 1. The molecule has 0 unspecified atom stereocenters. The molecule has 0 amide bonds. The predicted molar refractivity (Wildman–Crippen MR) is 75.4 cm³/mol. The third-order valence-electron chi connectivity index (χ3n) is 3.84. The Kier molecular flexibility index (Phi) is 3.20. The van der Waals surface area contributed by atoms with Crippen molar-refractivity contribution in [2.45, 2.75) is 45.1 Å². The largest absolute Gasteiger partial charge is 0.465 e. The van der Waals surface area contributed by atoms with E-state index in [2.05, 4.69) is 21.5 Å². The fourth-order valence-corrected chi connectivity index (χ4v) is 2.71. The molecule has 2 aromatic heterocycles. The molecule has 20 heavy (non-hydrogen) atoms. The van der Waals surface area contributed by atoms with Crippen LogP contribution in [0.15, 0.2) is 18.5 Å². The number of hydrogen-bond acceptors (Lipinski definition) is 4. The number of carbonyl (C=O) groups excluding carboxylic acids is 1. The van der Waals surface area contributed by atoms with Gasteiger partial charge in [-0.05, 0) is 32.3 Å². The number of nitrogens with zero attached hydrogens (tertiary/aromatic N) is 3. The van der Waals surface area contributed by atoms with Crippen LogP contribution in [-0.4, -0.2) is 27.1 Å². The van der Waals surface area contributed by atoms with Crippen molar-refractivity contribution in [3.8, 4) is 0 Å². The molecular weight excluding hydrogens is 254 g/mol. The number of esters is 1. The highest BCUT2D eigenvalue weighted by Gasteiger charge is 2.56. The second-order valence-electron chi connectivity index (χ2n) is 5.25. The molecule has 1 fully saturated rings. The van der Waals surface area contributed by atoms with Crippen LogP contribution in [-0.2, 0) is 21.5 Å². The molecule has 1 aliphatic rings. The Morgan fingerprint density at radius 1 is 1.45 bits per heavy atom. The minimum absolute atomic E-state index is 0.138. The molecule has 5 heteroatoms. The number of pyridine rings is 1. The summed E-state index contributed by atoms with van der Waals surface area (Å²) in [5, 5.41) is 0. The van der Waals surface area contributed by atoms with Crippen molar-refractivity contribution >= 4 is 17.0 Å². The summed E-state index contributed by atoms with van der Waals surface area (Å²) in [5.74, 6) is 0.710. The second-order valence-corrected chi connectivity index (χ2v) is 5.25. The molecule has 106 valence electrons. The SMILES string of the molecule is CCCn1c(C2(C(=O)OCC)CC2)nc2cnccc21. The highest BCUT2D eigenvalue weighted by atomic mass is 16.5. The Bertz CT molecular complexity index is 644. The van der Waals surface area contributed by atoms with E-state index in [1.165, 1.54) is 0 Å². The summed E-state index contributed by atoms with van der Waals surface area (Å²) in [7, 11) is 0. The number of aryl methyl sites for hydroxylation is 1. The summed E-state index contributed by atoms with van der Waals surface area (Å²) in [6.45, 7) is 5.24. The molecule has 0 atom stereocenters. The number of ether oxygens (including phenoxy) is 1. The number of imidazole rings is 1. The normalized spacial score (nSPS) is 16.3. The van der Waals surface area contributed by atoms with E-state index < -0.39 is 5.41 Å².